The number of hydrogen-bond donors (Lipinski definition) is 0. The van der Waals surface area contributed by atoms with Crippen LogP contribution in [-0.4, -0.2) is 82.3 Å². The molecule has 0 aromatic carbocycles. The van der Waals surface area contributed by atoms with Gasteiger partial charge in [0.2, 0.25) is 0 Å². The Morgan fingerprint density at radius 1 is 0.449 bits per heavy atom. The van der Waals surface area contributed by atoms with Crippen LogP contribution >= 0.6 is 0 Å². The quantitative estimate of drug-likeness (QED) is 0.0195. The molecule has 0 aromatic rings. The Labute approximate surface area is 422 Å². The van der Waals surface area contributed by atoms with Gasteiger partial charge in [0.25, 0.3) is 0 Å². The first kappa shape index (κ1) is 65.2. The van der Waals surface area contributed by atoms with Crippen molar-refractivity contribution in [3.63, 3.8) is 0 Å². The van der Waals surface area contributed by atoms with Gasteiger partial charge in [0.1, 0.15) is 13.2 Å². The molecule has 0 N–H and O–H groups in total. The highest BCUT2D eigenvalue weighted by Crippen LogP contribution is 2.15. The van der Waals surface area contributed by atoms with Crippen LogP contribution in [0.15, 0.2) is 97.2 Å². The fourth-order valence-corrected chi connectivity index (χ4v) is 7.14. The minimum Gasteiger partial charge on any atom is -0.545 e. The number of hydrogen-bond acceptors (Lipinski definition) is 8. The van der Waals surface area contributed by atoms with E-state index in [4.69, 9.17) is 18.9 Å². The summed E-state index contributed by atoms with van der Waals surface area (Å²) in [4.78, 5) is 36.9. The maximum absolute atomic E-state index is 12.8. The van der Waals surface area contributed by atoms with Crippen LogP contribution in [0.1, 0.15) is 206 Å². The number of aliphatic carboxylic acids is 1. The highest BCUT2D eigenvalue weighted by atomic mass is 16.7. The average molecular weight is 964 g/mol. The Kier molecular flexibility index (Phi) is 47.8. The molecule has 394 valence electrons. The molecule has 0 bridgehead atoms. The zero-order valence-electron chi connectivity index (χ0n) is 44.6. The molecule has 0 aromatic heterocycles. The van der Waals surface area contributed by atoms with E-state index < -0.39 is 24.3 Å². The molecule has 9 heteroatoms. The number of rotatable bonds is 49. The molecule has 0 aliphatic carbocycles. The standard InChI is InChI=1S/C60H101NO8/c1-6-8-10-12-14-15-16-17-18-19-20-21-22-23-24-25-26-27-28-29-30-31-32-33-34-35-36-37-38-39-40-41-42-43-45-47-49-51-58(63)69-56(54-67-57(62)50-48-46-44-13-11-9-7-2)55-68-60(59(64)65)66-53-52-61(3,4)5/h8,10,14-15,17-18,20-21,23-24,26-27,29-30,32-33,56,60H,6-7,9,11-13,16,19,22,25,28,31,34-55H2,1-5H3/b10-8-,15-14-,18-17-,21-20-,24-23-,27-26-,30-29-,33-32-. The molecule has 2 unspecified atom stereocenters. The molecule has 0 amide bonds. The summed E-state index contributed by atoms with van der Waals surface area (Å²) in [5.41, 5.74) is 0. The van der Waals surface area contributed by atoms with Crippen molar-refractivity contribution in [2.75, 3.05) is 47.5 Å². The lowest BCUT2D eigenvalue weighted by molar-refractivity contribution is -0.870. The van der Waals surface area contributed by atoms with Gasteiger partial charge in [0.15, 0.2) is 12.4 Å². The van der Waals surface area contributed by atoms with E-state index in [2.05, 4.69) is 111 Å². The normalized spacial score (nSPS) is 13.6. The van der Waals surface area contributed by atoms with E-state index in [1.807, 2.05) is 21.1 Å². The minimum absolute atomic E-state index is 0.145. The van der Waals surface area contributed by atoms with Gasteiger partial charge in [0.05, 0.1) is 40.3 Å². The van der Waals surface area contributed by atoms with Crippen LogP contribution in [-0.2, 0) is 33.3 Å². The number of quaternary nitrogens is 1. The van der Waals surface area contributed by atoms with Crippen molar-refractivity contribution in [3.8, 4) is 0 Å². The number of allylic oxidation sites excluding steroid dienone is 16. The smallest absolute Gasteiger partial charge is 0.306 e. The van der Waals surface area contributed by atoms with Gasteiger partial charge in [-0.25, -0.2) is 0 Å². The van der Waals surface area contributed by atoms with Gasteiger partial charge >= 0.3 is 11.9 Å². The van der Waals surface area contributed by atoms with E-state index in [1.54, 1.807) is 0 Å². The number of esters is 2. The molecule has 0 heterocycles. The number of likely N-dealkylation sites (N-methyl/N-ethyl adjacent to an activating group) is 1. The Balaban J connectivity index is 4.03. The van der Waals surface area contributed by atoms with E-state index in [0.29, 0.717) is 17.4 Å². The summed E-state index contributed by atoms with van der Waals surface area (Å²) in [5.74, 6) is -2.30. The number of ether oxygens (including phenoxy) is 4. The van der Waals surface area contributed by atoms with Crippen molar-refractivity contribution in [2.24, 2.45) is 0 Å². The second-order valence-electron chi connectivity index (χ2n) is 19.1. The third-order valence-corrected chi connectivity index (χ3v) is 11.3. The number of carbonyl (C=O) groups is 3. The first-order valence-corrected chi connectivity index (χ1v) is 27.4. The molecule has 0 spiro atoms. The van der Waals surface area contributed by atoms with Crippen molar-refractivity contribution < 1.29 is 42.9 Å². The third-order valence-electron chi connectivity index (χ3n) is 11.3. The third kappa shape index (κ3) is 51.9. The highest BCUT2D eigenvalue weighted by Gasteiger charge is 2.22. The Bertz CT molecular complexity index is 1450. The lowest BCUT2D eigenvalue weighted by Crippen LogP contribution is -2.44. The first-order valence-electron chi connectivity index (χ1n) is 27.4. The van der Waals surface area contributed by atoms with E-state index in [-0.39, 0.29) is 38.6 Å². The molecule has 0 aliphatic rings. The second-order valence-corrected chi connectivity index (χ2v) is 19.1. The van der Waals surface area contributed by atoms with Crippen molar-refractivity contribution in [1.29, 1.82) is 0 Å². The maximum Gasteiger partial charge on any atom is 0.306 e. The molecule has 2 atom stereocenters. The first-order chi connectivity index (χ1) is 33.6. The molecule has 0 radical (unpaired) electrons. The van der Waals surface area contributed by atoms with Gasteiger partial charge in [-0.1, -0.05) is 214 Å². The van der Waals surface area contributed by atoms with Gasteiger partial charge in [0, 0.05) is 12.8 Å². The zero-order valence-corrected chi connectivity index (χ0v) is 44.6. The van der Waals surface area contributed by atoms with Gasteiger partial charge in [-0.2, -0.15) is 0 Å². The highest BCUT2D eigenvalue weighted by molar-refractivity contribution is 5.70. The lowest BCUT2D eigenvalue weighted by atomic mass is 10.0. The van der Waals surface area contributed by atoms with Crippen LogP contribution in [0.25, 0.3) is 0 Å². The lowest BCUT2D eigenvalue weighted by Gasteiger charge is -2.26. The zero-order chi connectivity index (χ0) is 50.6. The van der Waals surface area contributed by atoms with Gasteiger partial charge in [-0.3, -0.25) is 9.59 Å². The summed E-state index contributed by atoms with van der Waals surface area (Å²) >= 11 is 0. The van der Waals surface area contributed by atoms with E-state index in [9.17, 15) is 19.5 Å². The molecule has 0 saturated heterocycles. The molecule has 9 nitrogen and oxygen atoms in total. The van der Waals surface area contributed by atoms with Crippen LogP contribution in [0.5, 0.6) is 0 Å². The van der Waals surface area contributed by atoms with Crippen LogP contribution < -0.4 is 5.11 Å². The summed E-state index contributed by atoms with van der Waals surface area (Å²) in [6.07, 6.45) is 64.9. The summed E-state index contributed by atoms with van der Waals surface area (Å²) in [6.45, 7) is 4.56. The van der Waals surface area contributed by atoms with Crippen LogP contribution in [0.4, 0.5) is 0 Å². The maximum atomic E-state index is 12.8. The van der Waals surface area contributed by atoms with E-state index in [1.165, 1.54) is 83.5 Å². The minimum atomic E-state index is -1.62. The fraction of sp³-hybridized carbons (Fsp3) is 0.683. The van der Waals surface area contributed by atoms with E-state index >= 15 is 0 Å². The number of carbonyl (C=O) groups excluding carboxylic acids is 3. The fourth-order valence-electron chi connectivity index (χ4n) is 7.14. The predicted molar refractivity (Wildman–Crippen MR) is 287 cm³/mol. The number of nitrogens with zero attached hydrogens (tertiary/aromatic N) is 1. The Morgan fingerprint density at radius 2 is 0.826 bits per heavy atom. The Morgan fingerprint density at radius 3 is 1.23 bits per heavy atom. The number of unbranched alkanes of at least 4 members (excludes halogenated alkanes) is 18. The average Bonchev–Trinajstić information content (AvgIpc) is 3.31. The molecule has 0 rings (SSSR count). The summed E-state index contributed by atoms with van der Waals surface area (Å²) in [7, 11) is 5.90. The van der Waals surface area contributed by atoms with Gasteiger partial charge in [-0.15, -0.1) is 0 Å². The van der Waals surface area contributed by atoms with Crippen molar-refractivity contribution in [2.45, 2.75) is 219 Å². The summed E-state index contributed by atoms with van der Waals surface area (Å²) in [5, 5.41) is 11.7. The van der Waals surface area contributed by atoms with Crippen LogP contribution in [0, 0.1) is 0 Å². The molecular formula is C60H101NO8. The number of carboxylic acids is 1. The predicted octanol–water partition coefficient (Wildman–Crippen LogP) is 14.4. The second kappa shape index (κ2) is 50.6. The summed E-state index contributed by atoms with van der Waals surface area (Å²) in [6, 6.07) is 0. The van der Waals surface area contributed by atoms with Crippen molar-refractivity contribution >= 4 is 17.9 Å². The topological polar surface area (TPSA) is 111 Å². The van der Waals surface area contributed by atoms with Crippen LogP contribution in [0.3, 0.4) is 0 Å². The molecule has 0 fully saturated rings. The van der Waals surface area contributed by atoms with Gasteiger partial charge in [-0.05, 0) is 77.0 Å². The monoisotopic (exact) mass is 964 g/mol. The van der Waals surface area contributed by atoms with Crippen molar-refractivity contribution in [3.05, 3.63) is 97.2 Å². The molecule has 69 heavy (non-hydrogen) atoms. The Hall–Kier alpha value is -3.79. The van der Waals surface area contributed by atoms with Crippen LogP contribution in [0.2, 0.25) is 0 Å². The van der Waals surface area contributed by atoms with Crippen molar-refractivity contribution in [1.82, 2.24) is 0 Å². The number of carboxylic acid groups (broad SMARTS) is 1. The largest absolute Gasteiger partial charge is 0.545 e. The molecule has 0 saturated carbocycles. The van der Waals surface area contributed by atoms with E-state index in [0.717, 1.165) is 89.9 Å². The SMILES string of the molecule is CC/C=C\C/C=C\C/C=C\C/C=C\C/C=C\C/C=C\C/C=C\C/C=C\CCCCCCCCCCCCCCC(=O)OC(COC(=O)CCCCCCCCC)COC(OCC[N+](C)(C)C)C(=O)[O-]. The molecular weight excluding hydrogens is 863 g/mol. The molecule has 0 aliphatic heterocycles. The van der Waals surface area contributed by atoms with Gasteiger partial charge < -0.3 is 33.3 Å². The summed E-state index contributed by atoms with van der Waals surface area (Å²) < 4.78 is 22.5.